The lowest BCUT2D eigenvalue weighted by Gasteiger charge is -2.25. The van der Waals surface area contributed by atoms with Gasteiger partial charge in [-0.15, -0.1) is 11.3 Å². The van der Waals surface area contributed by atoms with E-state index in [1.54, 1.807) is 26.8 Å². The summed E-state index contributed by atoms with van der Waals surface area (Å²) >= 11 is 1.38. The highest BCUT2D eigenvalue weighted by atomic mass is 32.1. The van der Waals surface area contributed by atoms with E-state index in [-0.39, 0.29) is 12.3 Å². The van der Waals surface area contributed by atoms with E-state index in [9.17, 15) is 9.59 Å². The molecule has 1 rings (SSSR count). The van der Waals surface area contributed by atoms with E-state index >= 15 is 0 Å². The Labute approximate surface area is 112 Å². The molecule has 0 aliphatic heterocycles. The number of ether oxygens (including phenoxy) is 1. The lowest BCUT2D eigenvalue weighted by atomic mass is 10.2. The molecule has 1 aromatic rings. The van der Waals surface area contributed by atoms with E-state index in [1.165, 1.54) is 16.2 Å². The third-order valence-corrected chi connectivity index (χ3v) is 3.07. The third kappa shape index (κ3) is 4.49. The van der Waals surface area contributed by atoms with Crippen LogP contribution in [0.1, 0.15) is 37.4 Å². The summed E-state index contributed by atoms with van der Waals surface area (Å²) in [5.41, 5.74) is -0.545. The van der Waals surface area contributed by atoms with Crippen LogP contribution in [0.4, 0.5) is 4.79 Å². The SMILES string of the molecule is CCN(CC(=O)c1cccs1)C(=O)OC(C)(C)C. The molecule has 100 valence electrons. The molecule has 5 heteroatoms. The Bertz CT molecular complexity index is 406. The van der Waals surface area contributed by atoms with Crippen LogP contribution in [0.5, 0.6) is 0 Å². The Balaban J connectivity index is 2.62. The first kappa shape index (κ1) is 14.7. The van der Waals surface area contributed by atoms with Crippen LogP contribution in [-0.2, 0) is 4.74 Å². The maximum Gasteiger partial charge on any atom is 0.410 e. The Kier molecular flexibility index (Phi) is 4.90. The van der Waals surface area contributed by atoms with E-state index < -0.39 is 11.7 Å². The second-order valence-electron chi connectivity index (χ2n) is 4.89. The van der Waals surface area contributed by atoms with Crippen LogP contribution in [0.2, 0.25) is 0 Å². The van der Waals surface area contributed by atoms with Crippen LogP contribution >= 0.6 is 11.3 Å². The second kappa shape index (κ2) is 6.00. The van der Waals surface area contributed by atoms with Gasteiger partial charge in [0.05, 0.1) is 11.4 Å². The highest BCUT2D eigenvalue weighted by Crippen LogP contribution is 2.13. The van der Waals surface area contributed by atoms with Crippen LogP contribution in [0.25, 0.3) is 0 Å². The van der Waals surface area contributed by atoms with Crippen molar-refractivity contribution in [3.63, 3.8) is 0 Å². The molecular weight excluding hydrogens is 250 g/mol. The fourth-order valence-corrected chi connectivity index (χ4v) is 1.98. The van der Waals surface area contributed by atoms with Crippen LogP contribution in [-0.4, -0.2) is 35.5 Å². The van der Waals surface area contributed by atoms with Crippen molar-refractivity contribution in [2.75, 3.05) is 13.1 Å². The summed E-state index contributed by atoms with van der Waals surface area (Å²) in [4.78, 5) is 25.8. The van der Waals surface area contributed by atoms with Crippen molar-refractivity contribution in [3.05, 3.63) is 22.4 Å². The van der Waals surface area contributed by atoms with Crippen molar-refractivity contribution in [2.45, 2.75) is 33.3 Å². The van der Waals surface area contributed by atoms with Gasteiger partial charge in [0.15, 0.2) is 5.78 Å². The molecule has 0 spiro atoms. The topological polar surface area (TPSA) is 46.6 Å². The molecule has 0 aromatic carbocycles. The van der Waals surface area contributed by atoms with Gasteiger partial charge in [-0.05, 0) is 39.1 Å². The molecule has 1 amide bonds. The van der Waals surface area contributed by atoms with E-state index in [4.69, 9.17) is 4.74 Å². The number of hydrogen-bond acceptors (Lipinski definition) is 4. The zero-order valence-electron chi connectivity index (χ0n) is 11.2. The first-order chi connectivity index (χ1) is 8.33. The number of carbonyl (C=O) groups is 2. The number of thiophene rings is 1. The summed E-state index contributed by atoms with van der Waals surface area (Å²) in [5.74, 6) is -0.0577. The van der Waals surface area contributed by atoms with Gasteiger partial charge in [0.2, 0.25) is 0 Å². The molecule has 0 saturated heterocycles. The summed E-state index contributed by atoms with van der Waals surface area (Å²) in [7, 11) is 0. The molecule has 0 atom stereocenters. The van der Waals surface area contributed by atoms with Crippen molar-refractivity contribution in [3.8, 4) is 0 Å². The van der Waals surface area contributed by atoms with Crippen molar-refractivity contribution in [1.29, 1.82) is 0 Å². The molecule has 0 unspecified atom stereocenters. The van der Waals surface area contributed by atoms with Crippen LogP contribution < -0.4 is 0 Å². The van der Waals surface area contributed by atoms with Gasteiger partial charge >= 0.3 is 6.09 Å². The van der Waals surface area contributed by atoms with Gasteiger partial charge in [-0.3, -0.25) is 4.79 Å². The van der Waals surface area contributed by atoms with Crippen molar-refractivity contribution in [2.24, 2.45) is 0 Å². The fraction of sp³-hybridized carbons (Fsp3) is 0.538. The molecule has 0 bridgehead atoms. The number of rotatable bonds is 4. The maximum absolute atomic E-state index is 11.9. The summed E-state index contributed by atoms with van der Waals surface area (Å²) < 4.78 is 5.25. The minimum atomic E-state index is -0.545. The number of Topliss-reactive ketones (excluding diaryl/α,β-unsaturated/α-hetero) is 1. The van der Waals surface area contributed by atoms with E-state index in [0.717, 1.165) is 0 Å². The largest absolute Gasteiger partial charge is 0.444 e. The summed E-state index contributed by atoms with van der Waals surface area (Å²) in [5, 5.41) is 1.84. The van der Waals surface area contributed by atoms with Crippen LogP contribution in [0.15, 0.2) is 17.5 Å². The minimum absolute atomic E-state index is 0.0577. The highest BCUT2D eigenvalue weighted by molar-refractivity contribution is 7.12. The molecule has 0 saturated carbocycles. The van der Waals surface area contributed by atoms with E-state index in [0.29, 0.717) is 11.4 Å². The van der Waals surface area contributed by atoms with Crippen molar-refractivity contribution >= 4 is 23.2 Å². The average molecular weight is 269 g/mol. The summed E-state index contributed by atoms with van der Waals surface area (Å²) in [6, 6.07) is 3.58. The molecule has 0 aliphatic carbocycles. The standard InChI is InChI=1S/C13H19NO3S/c1-5-14(12(16)17-13(2,3)4)9-10(15)11-7-6-8-18-11/h6-8H,5,9H2,1-4H3. The minimum Gasteiger partial charge on any atom is -0.444 e. The fourth-order valence-electron chi connectivity index (χ4n) is 1.32. The lowest BCUT2D eigenvalue weighted by Crippen LogP contribution is -2.39. The second-order valence-corrected chi connectivity index (χ2v) is 5.84. The molecule has 4 nitrogen and oxygen atoms in total. The van der Waals surface area contributed by atoms with E-state index in [2.05, 4.69) is 0 Å². The zero-order valence-corrected chi connectivity index (χ0v) is 12.0. The molecule has 0 fully saturated rings. The summed E-state index contributed by atoms with van der Waals surface area (Å²) in [6.45, 7) is 7.75. The third-order valence-electron chi connectivity index (χ3n) is 2.16. The Morgan fingerprint density at radius 1 is 1.39 bits per heavy atom. The Morgan fingerprint density at radius 2 is 2.06 bits per heavy atom. The average Bonchev–Trinajstić information content (AvgIpc) is 2.76. The highest BCUT2D eigenvalue weighted by Gasteiger charge is 2.23. The molecular formula is C13H19NO3S. The van der Waals surface area contributed by atoms with Gasteiger partial charge in [0.25, 0.3) is 0 Å². The summed E-state index contributed by atoms with van der Waals surface area (Å²) in [6.07, 6.45) is -0.449. The molecule has 1 heterocycles. The molecule has 0 N–H and O–H groups in total. The Morgan fingerprint density at radius 3 is 2.50 bits per heavy atom. The van der Waals surface area contributed by atoms with Gasteiger partial charge in [-0.2, -0.15) is 0 Å². The number of carbonyl (C=O) groups excluding carboxylic acids is 2. The number of ketones is 1. The van der Waals surface area contributed by atoms with Gasteiger partial charge in [-0.25, -0.2) is 4.79 Å². The quantitative estimate of drug-likeness (QED) is 0.789. The molecule has 18 heavy (non-hydrogen) atoms. The van der Waals surface area contributed by atoms with Crippen LogP contribution in [0, 0.1) is 0 Å². The predicted molar refractivity (Wildman–Crippen MR) is 72.1 cm³/mol. The molecule has 0 aliphatic rings. The van der Waals surface area contributed by atoms with Gasteiger partial charge < -0.3 is 9.64 Å². The van der Waals surface area contributed by atoms with Gasteiger partial charge in [0, 0.05) is 6.54 Å². The molecule has 1 aromatic heterocycles. The number of likely N-dealkylation sites (N-methyl/N-ethyl adjacent to an activating group) is 1. The first-order valence-corrected chi connectivity index (χ1v) is 6.76. The van der Waals surface area contributed by atoms with Crippen LogP contribution in [0.3, 0.4) is 0 Å². The molecule has 0 radical (unpaired) electrons. The maximum atomic E-state index is 11.9. The monoisotopic (exact) mass is 269 g/mol. The smallest absolute Gasteiger partial charge is 0.410 e. The number of nitrogens with zero attached hydrogens (tertiary/aromatic N) is 1. The van der Waals surface area contributed by atoms with Crippen molar-refractivity contribution < 1.29 is 14.3 Å². The van der Waals surface area contributed by atoms with E-state index in [1.807, 2.05) is 18.4 Å². The van der Waals surface area contributed by atoms with Gasteiger partial charge in [-0.1, -0.05) is 6.07 Å². The zero-order chi connectivity index (χ0) is 13.8. The first-order valence-electron chi connectivity index (χ1n) is 5.88. The Hall–Kier alpha value is -1.36. The van der Waals surface area contributed by atoms with Gasteiger partial charge in [0.1, 0.15) is 5.60 Å². The number of amides is 1. The normalized spacial score (nSPS) is 11.1. The number of hydrogen-bond donors (Lipinski definition) is 0. The van der Waals surface area contributed by atoms with Crippen molar-refractivity contribution in [1.82, 2.24) is 4.90 Å². The lowest BCUT2D eigenvalue weighted by molar-refractivity contribution is 0.0258. The predicted octanol–water partition coefficient (Wildman–Crippen LogP) is 3.19.